The average molecular weight is 280 g/mol. The Hall–Kier alpha value is -2.13. The number of nitrogens with zero attached hydrogens (tertiary/aromatic N) is 2. The van der Waals surface area contributed by atoms with E-state index < -0.39 is 5.72 Å². The molecule has 1 heterocycles. The fourth-order valence-corrected chi connectivity index (χ4v) is 2.88. The maximum Gasteiger partial charge on any atom is 0.165 e. The van der Waals surface area contributed by atoms with Gasteiger partial charge < -0.3 is 5.11 Å². The third kappa shape index (κ3) is 2.24. The lowest BCUT2D eigenvalue weighted by atomic mass is 10.0. The molecule has 0 aromatic heterocycles. The molecule has 0 fully saturated rings. The van der Waals surface area contributed by atoms with Crippen molar-refractivity contribution in [2.24, 2.45) is 4.99 Å². The molecule has 0 radical (unpaired) electrons. The molecule has 0 saturated carbocycles. The smallest absolute Gasteiger partial charge is 0.165 e. The first-order valence-electron chi connectivity index (χ1n) is 7.37. The molecule has 0 bridgehead atoms. The first-order chi connectivity index (χ1) is 10.2. The van der Waals surface area contributed by atoms with Crippen LogP contribution in [0.4, 0.5) is 5.69 Å². The average Bonchev–Trinajstić information content (AvgIpc) is 2.81. The molecule has 2 atom stereocenters. The van der Waals surface area contributed by atoms with Crippen LogP contribution in [0.15, 0.2) is 65.7 Å². The van der Waals surface area contributed by atoms with E-state index in [-0.39, 0.29) is 6.04 Å². The van der Waals surface area contributed by atoms with Gasteiger partial charge in [-0.05, 0) is 25.5 Å². The summed E-state index contributed by atoms with van der Waals surface area (Å²) in [7, 11) is 0. The number of aliphatic imine (C=N–C) groups is 1. The Labute approximate surface area is 125 Å². The van der Waals surface area contributed by atoms with E-state index >= 15 is 0 Å². The summed E-state index contributed by atoms with van der Waals surface area (Å²) in [6.45, 7) is 3.96. The summed E-state index contributed by atoms with van der Waals surface area (Å²) < 4.78 is 0. The Balaban J connectivity index is 2.12. The van der Waals surface area contributed by atoms with Crippen molar-refractivity contribution < 1.29 is 5.11 Å². The van der Waals surface area contributed by atoms with Crippen LogP contribution >= 0.6 is 0 Å². The summed E-state index contributed by atoms with van der Waals surface area (Å²) in [5, 5.41) is 11.1. The first kappa shape index (κ1) is 13.8. The van der Waals surface area contributed by atoms with Gasteiger partial charge in [-0.15, -0.1) is 0 Å². The van der Waals surface area contributed by atoms with Gasteiger partial charge in [0.15, 0.2) is 5.72 Å². The van der Waals surface area contributed by atoms with Crippen molar-refractivity contribution in [3.8, 4) is 0 Å². The van der Waals surface area contributed by atoms with E-state index in [0.717, 1.165) is 17.1 Å². The Morgan fingerprint density at radius 3 is 2.19 bits per heavy atom. The molecule has 108 valence electrons. The Morgan fingerprint density at radius 2 is 1.62 bits per heavy atom. The van der Waals surface area contributed by atoms with Crippen LogP contribution < -0.4 is 4.90 Å². The van der Waals surface area contributed by atoms with Crippen molar-refractivity contribution in [3.05, 3.63) is 66.2 Å². The van der Waals surface area contributed by atoms with Crippen molar-refractivity contribution in [1.29, 1.82) is 0 Å². The molecule has 0 aliphatic carbocycles. The lowest BCUT2D eigenvalue weighted by Gasteiger charge is -2.37. The summed E-state index contributed by atoms with van der Waals surface area (Å²) in [6.07, 6.45) is 0.614. The molecular weight excluding hydrogens is 260 g/mol. The van der Waals surface area contributed by atoms with Crippen LogP contribution in [0.3, 0.4) is 0 Å². The highest BCUT2D eigenvalue weighted by Gasteiger charge is 2.46. The molecule has 0 saturated heterocycles. The Morgan fingerprint density at radius 1 is 1.05 bits per heavy atom. The van der Waals surface area contributed by atoms with Crippen molar-refractivity contribution in [2.75, 3.05) is 4.90 Å². The molecule has 3 nitrogen and oxygen atoms in total. The second-order valence-corrected chi connectivity index (χ2v) is 5.40. The highest BCUT2D eigenvalue weighted by atomic mass is 16.3. The van der Waals surface area contributed by atoms with Gasteiger partial charge in [-0.1, -0.05) is 55.5 Å². The van der Waals surface area contributed by atoms with Gasteiger partial charge in [-0.25, -0.2) is 0 Å². The maximum atomic E-state index is 11.1. The van der Waals surface area contributed by atoms with Gasteiger partial charge in [0.1, 0.15) is 5.84 Å². The summed E-state index contributed by atoms with van der Waals surface area (Å²) >= 11 is 0. The summed E-state index contributed by atoms with van der Waals surface area (Å²) in [5.41, 5.74) is 1.01. The minimum Gasteiger partial charge on any atom is -0.368 e. The number of amidine groups is 1. The van der Waals surface area contributed by atoms with Crippen LogP contribution in [0.2, 0.25) is 0 Å². The van der Waals surface area contributed by atoms with Crippen LogP contribution in [0.5, 0.6) is 0 Å². The van der Waals surface area contributed by atoms with E-state index in [1.54, 1.807) is 0 Å². The number of anilines is 1. The van der Waals surface area contributed by atoms with E-state index in [1.807, 2.05) is 79.4 Å². The molecule has 3 rings (SSSR count). The van der Waals surface area contributed by atoms with Crippen molar-refractivity contribution in [1.82, 2.24) is 0 Å². The predicted octanol–water partition coefficient (Wildman–Crippen LogP) is 3.44. The lowest BCUT2D eigenvalue weighted by molar-refractivity contribution is 0.0349. The monoisotopic (exact) mass is 280 g/mol. The topological polar surface area (TPSA) is 35.8 Å². The molecule has 2 unspecified atom stereocenters. The second kappa shape index (κ2) is 5.34. The predicted molar refractivity (Wildman–Crippen MR) is 86.6 cm³/mol. The lowest BCUT2D eigenvalue weighted by Crippen LogP contribution is -2.52. The van der Waals surface area contributed by atoms with Crippen LogP contribution in [-0.2, 0) is 0 Å². The SMILES string of the molecule is CCC1(O)C(C)N=C(c2ccccc2)N1c1ccccc1. The fourth-order valence-electron chi connectivity index (χ4n) is 2.88. The number of aliphatic hydroxyl groups is 1. The van der Waals surface area contributed by atoms with Crippen molar-refractivity contribution >= 4 is 11.5 Å². The number of rotatable bonds is 3. The normalized spacial score (nSPS) is 25.0. The van der Waals surface area contributed by atoms with E-state index in [4.69, 9.17) is 4.99 Å². The maximum absolute atomic E-state index is 11.1. The van der Waals surface area contributed by atoms with Gasteiger partial charge in [-0.2, -0.15) is 0 Å². The van der Waals surface area contributed by atoms with Gasteiger partial charge in [0.2, 0.25) is 0 Å². The van der Waals surface area contributed by atoms with Crippen molar-refractivity contribution in [2.45, 2.75) is 32.0 Å². The van der Waals surface area contributed by atoms with Crippen LogP contribution in [0, 0.1) is 0 Å². The minimum absolute atomic E-state index is 0.169. The fraction of sp³-hybridized carbons (Fsp3) is 0.278. The number of benzene rings is 2. The van der Waals surface area contributed by atoms with Gasteiger partial charge >= 0.3 is 0 Å². The first-order valence-corrected chi connectivity index (χ1v) is 7.37. The van der Waals surface area contributed by atoms with E-state index in [1.165, 1.54) is 0 Å². The van der Waals surface area contributed by atoms with Gasteiger partial charge in [0.05, 0.1) is 6.04 Å². The molecule has 2 aromatic carbocycles. The Bertz CT molecular complexity index is 639. The molecule has 1 aliphatic rings. The third-order valence-electron chi connectivity index (χ3n) is 4.15. The van der Waals surface area contributed by atoms with Crippen molar-refractivity contribution in [3.63, 3.8) is 0 Å². The summed E-state index contributed by atoms with van der Waals surface area (Å²) in [6, 6.07) is 19.8. The summed E-state index contributed by atoms with van der Waals surface area (Å²) in [5.74, 6) is 0.832. The molecule has 0 spiro atoms. The minimum atomic E-state index is -0.980. The van der Waals surface area contributed by atoms with Crippen LogP contribution in [0.25, 0.3) is 0 Å². The molecule has 3 heteroatoms. The van der Waals surface area contributed by atoms with E-state index in [9.17, 15) is 5.11 Å². The van der Waals surface area contributed by atoms with Gasteiger partial charge in [0.25, 0.3) is 0 Å². The highest BCUT2D eigenvalue weighted by molar-refractivity contribution is 6.12. The quantitative estimate of drug-likeness (QED) is 0.935. The highest BCUT2D eigenvalue weighted by Crippen LogP contribution is 2.36. The standard InChI is InChI=1S/C18H20N2O/c1-3-18(21)14(2)19-17(15-10-6-4-7-11-15)20(18)16-12-8-5-9-13-16/h4-14,21H,3H2,1-2H3. The zero-order chi connectivity index (χ0) is 14.9. The van der Waals surface area contributed by atoms with E-state index in [0.29, 0.717) is 6.42 Å². The van der Waals surface area contributed by atoms with Crippen LogP contribution in [0.1, 0.15) is 25.8 Å². The molecule has 21 heavy (non-hydrogen) atoms. The molecule has 1 aliphatic heterocycles. The van der Waals surface area contributed by atoms with Gasteiger partial charge in [-0.3, -0.25) is 9.89 Å². The van der Waals surface area contributed by atoms with Crippen LogP contribution in [-0.4, -0.2) is 22.7 Å². The summed E-state index contributed by atoms with van der Waals surface area (Å²) in [4.78, 5) is 6.70. The van der Waals surface area contributed by atoms with Gasteiger partial charge in [0, 0.05) is 11.3 Å². The van der Waals surface area contributed by atoms with E-state index in [2.05, 4.69) is 0 Å². The zero-order valence-electron chi connectivity index (χ0n) is 12.4. The number of para-hydroxylation sites is 1. The second-order valence-electron chi connectivity index (χ2n) is 5.40. The Kier molecular flexibility index (Phi) is 3.52. The third-order valence-corrected chi connectivity index (χ3v) is 4.15. The molecule has 0 amide bonds. The molecule has 2 aromatic rings. The molecule has 1 N–H and O–H groups in total. The zero-order valence-corrected chi connectivity index (χ0v) is 12.4. The number of hydrogen-bond donors (Lipinski definition) is 1. The number of hydrogen-bond acceptors (Lipinski definition) is 3. The largest absolute Gasteiger partial charge is 0.368 e. The molecular formula is C18H20N2O.